The number of nitrogens with zero attached hydrogens (tertiary/aromatic N) is 1. The van der Waals surface area contributed by atoms with E-state index in [-0.39, 0.29) is 32.2 Å². The van der Waals surface area contributed by atoms with E-state index in [1.165, 1.54) is 83.5 Å². The van der Waals surface area contributed by atoms with Crippen molar-refractivity contribution in [2.45, 2.75) is 187 Å². The number of likely N-dealkylation sites (N-methyl/N-ethyl adjacent to an activating group) is 1. The molecule has 0 fully saturated rings. The smallest absolute Gasteiger partial charge is 0.361 e. The average Bonchev–Trinajstić information content (AvgIpc) is 3.06. The van der Waals surface area contributed by atoms with Crippen LogP contribution in [0.3, 0.4) is 0 Å². The van der Waals surface area contributed by atoms with Crippen LogP contribution < -0.4 is 0 Å². The molecule has 0 radical (unpaired) electrons. The number of allylic oxidation sites excluding steroid dienone is 2. The summed E-state index contributed by atoms with van der Waals surface area (Å²) >= 11 is 0. The van der Waals surface area contributed by atoms with Gasteiger partial charge in [-0.3, -0.25) is 9.59 Å². The van der Waals surface area contributed by atoms with Gasteiger partial charge in [-0.25, -0.2) is 4.79 Å². The zero-order valence-electron chi connectivity index (χ0n) is 33.1. The van der Waals surface area contributed by atoms with Gasteiger partial charge in [0.15, 0.2) is 6.10 Å². The standard InChI is InChI=1S/C41H77NO8/c1-6-8-10-12-14-16-18-19-20-22-23-25-27-29-31-38(43)48-35-37(36-49-41(40(45)46)47-34-33-42(3,4)5)50-39(44)32-30-28-26-24-21-17-15-13-11-9-7-2/h13,15,37,41H,6-12,14,16-36H2,1-5H3/p+1/b15-13-. The molecule has 2 unspecified atom stereocenters. The van der Waals surface area contributed by atoms with Crippen molar-refractivity contribution >= 4 is 17.9 Å². The third-order valence-corrected chi connectivity index (χ3v) is 8.77. The average molecular weight is 713 g/mol. The molecule has 1 N–H and O–H groups in total. The molecule has 0 aromatic rings. The summed E-state index contributed by atoms with van der Waals surface area (Å²) in [7, 11) is 5.94. The van der Waals surface area contributed by atoms with Gasteiger partial charge < -0.3 is 28.5 Å². The summed E-state index contributed by atoms with van der Waals surface area (Å²) in [5.41, 5.74) is 0. The van der Waals surface area contributed by atoms with Crippen molar-refractivity contribution in [3.05, 3.63) is 12.2 Å². The van der Waals surface area contributed by atoms with Crippen LogP contribution in [0.5, 0.6) is 0 Å². The number of aliphatic carboxylic acids is 1. The van der Waals surface area contributed by atoms with Gasteiger partial charge in [-0.05, 0) is 32.1 Å². The zero-order chi connectivity index (χ0) is 37.1. The Kier molecular flexibility index (Phi) is 32.8. The van der Waals surface area contributed by atoms with Crippen LogP contribution in [0.15, 0.2) is 12.2 Å². The Morgan fingerprint density at radius 2 is 1.04 bits per heavy atom. The number of quaternary nitrogens is 1. The molecule has 2 atom stereocenters. The minimum atomic E-state index is -1.50. The van der Waals surface area contributed by atoms with Gasteiger partial charge in [-0.2, -0.15) is 0 Å². The van der Waals surface area contributed by atoms with Crippen LogP contribution in [0.2, 0.25) is 0 Å². The van der Waals surface area contributed by atoms with Crippen LogP contribution in [0.4, 0.5) is 0 Å². The lowest BCUT2D eigenvalue weighted by molar-refractivity contribution is -0.870. The number of rotatable bonds is 37. The third-order valence-electron chi connectivity index (χ3n) is 8.77. The van der Waals surface area contributed by atoms with E-state index >= 15 is 0 Å². The Hall–Kier alpha value is -1.97. The first-order valence-electron chi connectivity index (χ1n) is 20.4. The summed E-state index contributed by atoms with van der Waals surface area (Å²) in [6.07, 6.45) is 29.8. The highest BCUT2D eigenvalue weighted by Crippen LogP contribution is 2.14. The van der Waals surface area contributed by atoms with Crippen LogP contribution in [0.25, 0.3) is 0 Å². The molecule has 294 valence electrons. The third kappa shape index (κ3) is 34.5. The number of esters is 2. The second-order valence-corrected chi connectivity index (χ2v) is 14.9. The zero-order valence-corrected chi connectivity index (χ0v) is 33.1. The molecule has 0 aromatic heterocycles. The molecule has 0 spiro atoms. The van der Waals surface area contributed by atoms with Crippen molar-refractivity contribution in [1.82, 2.24) is 0 Å². The normalized spacial score (nSPS) is 13.1. The molecule has 0 heterocycles. The first-order valence-corrected chi connectivity index (χ1v) is 20.4. The van der Waals surface area contributed by atoms with Crippen molar-refractivity contribution in [2.24, 2.45) is 0 Å². The summed E-state index contributed by atoms with van der Waals surface area (Å²) in [5.74, 6) is -2.01. The van der Waals surface area contributed by atoms with Gasteiger partial charge in [-0.15, -0.1) is 0 Å². The van der Waals surface area contributed by atoms with Crippen molar-refractivity contribution in [2.75, 3.05) is 47.5 Å². The fourth-order valence-electron chi connectivity index (χ4n) is 5.52. The predicted molar refractivity (Wildman–Crippen MR) is 203 cm³/mol. The number of unbranched alkanes of at least 4 members (excludes halogenated alkanes) is 20. The highest BCUT2D eigenvalue weighted by atomic mass is 16.7. The first-order chi connectivity index (χ1) is 24.1. The van der Waals surface area contributed by atoms with Crippen LogP contribution >= 0.6 is 0 Å². The highest BCUT2D eigenvalue weighted by molar-refractivity contribution is 5.71. The maximum atomic E-state index is 12.7. The lowest BCUT2D eigenvalue weighted by atomic mass is 10.0. The maximum absolute atomic E-state index is 12.7. The highest BCUT2D eigenvalue weighted by Gasteiger charge is 2.25. The monoisotopic (exact) mass is 713 g/mol. The lowest BCUT2D eigenvalue weighted by Gasteiger charge is -2.25. The van der Waals surface area contributed by atoms with Crippen LogP contribution in [0.1, 0.15) is 174 Å². The van der Waals surface area contributed by atoms with Crippen LogP contribution in [0, 0.1) is 0 Å². The second-order valence-electron chi connectivity index (χ2n) is 14.9. The van der Waals surface area contributed by atoms with Crippen molar-refractivity contribution < 1.29 is 42.9 Å². The fourth-order valence-corrected chi connectivity index (χ4v) is 5.52. The summed E-state index contributed by atoms with van der Waals surface area (Å²) in [4.78, 5) is 36.9. The molecule has 0 bridgehead atoms. The molecule has 0 rings (SSSR count). The Morgan fingerprint density at radius 1 is 0.580 bits per heavy atom. The van der Waals surface area contributed by atoms with E-state index in [1.54, 1.807) is 0 Å². The van der Waals surface area contributed by atoms with Gasteiger partial charge in [0, 0.05) is 12.8 Å². The van der Waals surface area contributed by atoms with Crippen LogP contribution in [-0.4, -0.2) is 87.4 Å². The summed E-state index contributed by atoms with van der Waals surface area (Å²) in [6.45, 7) is 4.82. The van der Waals surface area contributed by atoms with Gasteiger partial charge in [0.05, 0.1) is 34.4 Å². The molecule has 0 aromatic carbocycles. The summed E-state index contributed by atoms with van der Waals surface area (Å²) in [5, 5.41) is 9.59. The Bertz CT molecular complexity index is 841. The van der Waals surface area contributed by atoms with E-state index in [2.05, 4.69) is 26.0 Å². The van der Waals surface area contributed by atoms with E-state index in [9.17, 15) is 19.5 Å². The summed E-state index contributed by atoms with van der Waals surface area (Å²) in [6, 6.07) is 0. The van der Waals surface area contributed by atoms with E-state index in [0.29, 0.717) is 23.9 Å². The van der Waals surface area contributed by atoms with E-state index < -0.39 is 24.3 Å². The summed E-state index contributed by atoms with van der Waals surface area (Å²) < 4.78 is 22.6. The maximum Gasteiger partial charge on any atom is 0.361 e. The SMILES string of the molecule is CCCC/C=C\CCCCCCCC(=O)OC(COC(=O)CCCCCCCCCCCCCCCC)COC(OCC[N+](C)(C)C)C(=O)O. The number of hydrogen-bond donors (Lipinski definition) is 1. The number of carbonyl (C=O) groups is 3. The molecule has 0 aliphatic carbocycles. The Morgan fingerprint density at radius 3 is 1.54 bits per heavy atom. The van der Waals surface area contributed by atoms with Crippen LogP contribution in [-0.2, 0) is 33.3 Å². The molecule has 50 heavy (non-hydrogen) atoms. The molecular formula is C41H78NO8+. The number of ether oxygens (including phenoxy) is 4. The van der Waals surface area contributed by atoms with Gasteiger partial charge >= 0.3 is 17.9 Å². The number of carboxylic acids is 1. The van der Waals surface area contributed by atoms with Gasteiger partial charge in [0.2, 0.25) is 0 Å². The van der Waals surface area contributed by atoms with Crippen molar-refractivity contribution in [3.8, 4) is 0 Å². The van der Waals surface area contributed by atoms with E-state index in [1.807, 2.05) is 21.1 Å². The number of carboxylic acid groups (broad SMARTS) is 1. The minimum Gasteiger partial charge on any atom is -0.477 e. The number of carbonyl (C=O) groups excluding carboxylic acids is 2. The first kappa shape index (κ1) is 48.0. The van der Waals surface area contributed by atoms with Gasteiger partial charge in [-0.1, -0.05) is 142 Å². The van der Waals surface area contributed by atoms with Gasteiger partial charge in [0.1, 0.15) is 13.2 Å². The molecule has 0 saturated heterocycles. The molecule has 0 aliphatic heterocycles. The second kappa shape index (κ2) is 34.1. The molecule has 0 saturated carbocycles. The molecule has 0 amide bonds. The lowest BCUT2D eigenvalue weighted by Crippen LogP contribution is -2.40. The molecular weight excluding hydrogens is 634 g/mol. The van der Waals surface area contributed by atoms with Gasteiger partial charge in [0.25, 0.3) is 6.29 Å². The fraction of sp³-hybridized carbons (Fsp3) is 0.878. The Balaban J connectivity index is 4.48. The topological polar surface area (TPSA) is 108 Å². The molecule has 0 aliphatic rings. The predicted octanol–water partition coefficient (Wildman–Crippen LogP) is 9.94. The molecule has 9 nitrogen and oxygen atoms in total. The largest absolute Gasteiger partial charge is 0.477 e. The molecule has 9 heteroatoms. The number of hydrogen-bond acceptors (Lipinski definition) is 7. The van der Waals surface area contributed by atoms with E-state index in [0.717, 1.165) is 57.8 Å². The van der Waals surface area contributed by atoms with Crippen molar-refractivity contribution in [1.29, 1.82) is 0 Å². The van der Waals surface area contributed by atoms with Crippen molar-refractivity contribution in [3.63, 3.8) is 0 Å². The Labute approximate surface area is 306 Å². The van der Waals surface area contributed by atoms with E-state index in [4.69, 9.17) is 18.9 Å². The quantitative estimate of drug-likeness (QED) is 0.0223. The minimum absolute atomic E-state index is 0.180.